The van der Waals surface area contributed by atoms with E-state index in [-0.39, 0.29) is 5.78 Å². The Kier molecular flexibility index (Phi) is 3.74. The highest BCUT2D eigenvalue weighted by Gasteiger charge is 2.07. The summed E-state index contributed by atoms with van der Waals surface area (Å²) in [6.07, 6.45) is 3.94. The molecule has 0 saturated carbocycles. The van der Waals surface area contributed by atoms with Crippen molar-refractivity contribution in [3.05, 3.63) is 52.3 Å². The fourth-order valence-corrected chi connectivity index (χ4v) is 2.01. The smallest absolute Gasteiger partial charge is 0.165 e. The Labute approximate surface area is 109 Å². The first-order valence-corrected chi connectivity index (χ1v) is 6.29. The fraction of sp³-hybridized carbons (Fsp3) is 0.231. The van der Waals surface area contributed by atoms with E-state index < -0.39 is 0 Å². The van der Waals surface area contributed by atoms with Gasteiger partial charge in [-0.15, -0.1) is 0 Å². The van der Waals surface area contributed by atoms with Gasteiger partial charge in [0.05, 0.1) is 18.3 Å². The number of hydrogen-bond donors (Lipinski definition) is 0. The fourth-order valence-electron chi connectivity index (χ4n) is 1.60. The second-order valence-corrected chi connectivity index (χ2v) is 4.65. The van der Waals surface area contributed by atoms with E-state index in [1.807, 2.05) is 31.2 Å². The van der Waals surface area contributed by atoms with Crippen molar-refractivity contribution in [2.75, 3.05) is 0 Å². The monoisotopic (exact) mass is 292 g/mol. The molecule has 0 bridgehead atoms. The van der Waals surface area contributed by atoms with E-state index in [9.17, 15) is 4.79 Å². The predicted molar refractivity (Wildman–Crippen MR) is 70.1 cm³/mol. The Morgan fingerprint density at radius 1 is 1.41 bits per heavy atom. The van der Waals surface area contributed by atoms with Gasteiger partial charge in [0, 0.05) is 17.1 Å². The maximum atomic E-state index is 11.5. The molecule has 0 aliphatic rings. The van der Waals surface area contributed by atoms with Gasteiger partial charge in [0.1, 0.15) is 0 Å². The topological polar surface area (TPSA) is 34.9 Å². The number of benzene rings is 1. The van der Waals surface area contributed by atoms with Crippen LogP contribution < -0.4 is 0 Å². The molecule has 3 nitrogen and oxygen atoms in total. The molecule has 4 heteroatoms. The van der Waals surface area contributed by atoms with E-state index in [0.29, 0.717) is 18.5 Å². The summed E-state index contributed by atoms with van der Waals surface area (Å²) in [4.78, 5) is 11.5. The van der Waals surface area contributed by atoms with Crippen molar-refractivity contribution in [3.8, 4) is 0 Å². The van der Waals surface area contributed by atoms with E-state index in [1.165, 1.54) is 0 Å². The molecule has 0 aliphatic carbocycles. The molecule has 0 fully saturated rings. The Morgan fingerprint density at radius 3 is 2.88 bits per heavy atom. The second kappa shape index (κ2) is 5.27. The third-order valence-electron chi connectivity index (χ3n) is 2.57. The zero-order valence-corrected chi connectivity index (χ0v) is 11.1. The lowest BCUT2D eigenvalue weighted by molar-refractivity contribution is 0.0988. The molecule has 1 heterocycles. The molecular weight excluding hydrogens is 280 g/mol. The first-order valence-electron chi connectivity index (χ1n) is 5.49. The molecular formula is C13H13BrN2O. The number of halogens is 1. The molecule has 2 aromatic rings. The van der Waals surface area contributed by atoms with Crippen LogP contribution in [0.25, 0.3) is 0 Å². The Bertz CT molecular complexity index is 534. The minimum Gasteiger partial charge on any atom is -0.294 e. The number of rotatable bonds is 4. The van der Waals surface area contributed by atoms with Crippen molar-refractivity contribution < 1.29 is 4.79 Å². The molecule has 0 aliphatic heterocycles. The van der Waals surface area contributed by atoms with Gasteiger partial charge >= 0.3 is 0 Å². The molecule has 0 amide bonds. The van der Waals surface area contributed by atoms with Crippen LogP contribution in [-0.2, 0) is 6.54 Å². The van der Waals surface area contributed by atoms with Crippen LogP contribution in [0, 0.1) is 0 Å². The van der Waals surface area contributed by atoms with Crippen LogP contribution in [-0.4, -0.2) is 15.6 Å². The molecule has 17 heavy (non-hydrogen) atoms. The van der Waals surface area contributed by atoms with Crippen molar-refractivity contribution in [1.29, 1.82) is 0 Å². The maximum Gasteiger partial charge on any atom is 0.165 e. The minimum atomic E-state index is 0.128. The summed E-state index contributed by atoms with van der Waals surface area (Å²) in [7, 11) is 0. The van der Waals surface area contributed by atoms with Gasteiger partial charge < -0.3 is 0 Å². The lowest BCUT2D eigenvalue weighted by atomic mass is 10.2. The van der Waals surface area contributed by atoms with Crippen molar-refractivity contribution in [2.45, 2.75) is 19.9 Å². The lowest BCUT2D eigenvalue weighted by Gasteiger charge is -2.03. The van der Waals surface area contributed by atoms with Crippen molar-refractivity contribution in [1.82, 2.24) is 9.78 Å². The third-order valence-corrected chi connectivity index (χ3v) is 3.34. The summed E-state index contributed by atoms with van der Waals surface area (Å²) >= 11 is 3.50. The Morgan fingerprint density at radius 2 is 2.18 bits per heavy atom. The number of hydrogen-bond acceptors (Lipinski definition) is 2. The van der Waals surface area contributed by atoms with Gasteiger partial charge in [-0.25, -0.2) is 0 Å². The molecule has 1 aromatic heterocycles. The van der Waals surface area contributed by atoms with Crippen LogP contribution in [0.4, 0.5) is 0 Å². The number of carbonyl (C=O) groups excluding carboxylic acids is 1. The largest absolute Gasteiger partial charge is 0.294 e. The summed E-state index contributed by atoms with van der Waals surface area (Å²) in [5, 5.41) is 4.20. The molecule has 88 valence electrons. The molecule has 0 atom stereocenters. The summed E-state index contributed by atoms with van der Waals surface area (Å²) in [5.41, 5.74) is 1.82. The summed E-state index contributed by atoms with van der Waals surface area (Å²) in [6, 6.07) is 7.99. The van der Waals surface area contributed by atoms with E-state index >= 15 is 0 Å². The molecule has 0 spiro atoms. The summed E-state index contributed by atoms with van der Waals surface area (Å²) in [6.45, 7) is 2.52. The average molecular weight is 293 g/mol. The number of nitrogens with zero attached hydrogens (tertiary/aromatic N) is 2. The SMILES string of the molecule is CCC(=O)c1cnn(Cc2ccccc2Br)c1. The predicted octanol–water partition coefficient (Wildman–Crippen LogP) is 3.29. The van der Waals surface area contributed by atoms with Gasteiger partial charge in [-0.1, -0.05) is 41.1 Å². The van der Waals surface area contributed by atoms with Crippen molar-refractivity contribution >= 4 is 21.7 Å². The number of Topliss-reactive ketones (excluding diaryl/α,β-unsaturated/α-hetero) is 1. The normalized spacial score (nSPS) is 10.5. The summed E-state index contributed by atoms with van der Waals surface area (Å²) in [5.74, 6) is 0.128. The van der Waals surface area contributed by atoms with Crippen molar-refractivity contribution in [3.63, 3.8) is 0 Å². The van der Waals surface area contributed by atoms with E-state index in [2.05, 4.69) is 21.0 Å². The average Bonchev–Trinajstić information content (AvgIpc) is 2.80. The van der Waals surface area contributed by atoms with E-state index in [1.54, 1.807) is 17.1 Å². The maximum absolute atomic E-state index is 11.5. The number of carbonyl (C=O) groups is 1. The molecule has 1 aromatic carbocycles. The van der Waals surface area contributed by atoms with E-state index in [4.69, 9.17) is 0 Å². The quantitative estimate of drug-likeness (QED) is 0.811. The molecule has 0 N–H and O–H groups in total. The van der Waals surface area contributed by atoms with Gasteiger partial charge in [-0.05, 0) is 11.6 Å². The highest BCUT2D eigenvalue weighted by molar-refractivity contribution is 9.10. The lowest BCUT2D eigenvalue weighted by Crippen LogP contribution is -2.01. The highest BCUT2D eigenvalue weighted by atomic mass is 79.9. The van der Waals surface area contributed by atoms with Crippen LogP contribution in [0.3, 0.4) is 0 Å². The van der Waals surface area contributed by atoms with Gasteiger partial charge in [0.25, 0.3) is 0 Å². The minimum absolute atomic E-state index is 0.128. The van der Waals surface area contributed by atoms with Crippen LogP contribution in [0.5, 0.6) is 0 Å². The van der Waals surface area contributed by atoms with Gasteiger partial charge in [-0.2, -0.15) is 5.10 Å². The van der Waals surface area contributed by atoms with Crippen LogP contribution >= 0.6 is 15.9 Å². The summed E-state index contributed by atoms with van der Waals surface area (Å²) < 4.78 is 2.84. The van der Waals surface area contributed by atoms with Gasteiger partial charge in [0.2, 0.25) is 0 Å². The number of aromatic nitrogens is 2. The Balaban J connectivity index is 2.17. The third kappa shape index (κ3) is 2.82. The molecule has 0 radical (unpaired) electrons. The van der Waals surface area contributed by atoms with Crippen LogP contribution in [0.1, 0.15) is 29.3 Å². The zero-order valence-electron chi connectivity index (χ0n) is 9.56. The number of ketones is 1. The highest BCUT2D eigenvalue weighted by Crippen LogP contribution is 2.17. The van der Waals surface area contributed by atoms with Gasteiger partial charge in [-0.3, -0.25) is 9.48 Å². The first-order chi connectivity index (χ1) is 8.20. The van der Waals surface area contributed by atoms with Gasteiger partial charge in [0.15, 0.2) is 5.78 Å². The zero-order chi connectivity index (χ0) is 12.3. The Hall–Kier alpha value is -1.42. The molecule has 0 unspecified atom stereocenters. The first kappa shape index (κ1) is 12.0. The van der Waals surface area contributed by atoms with Crippen molar-refractivity contribution in [2.24, 2.45) is 0 Å². The molecule has 2 rings (SSSR count). The standard InChI is InChI=1S/C13H13BrN2O/c1-2-13(17)11-7-15-16(9-11)8-10-5-3-4-6-12(10)14/h3-7,9H,2,8H2,1H3. The van der Waals surface area contributed by atoms with Crippen LogP contribution in [0.15, 0.2) is 41.1 Å². The van der Waals surface area contributed by atoms with E-state index in [0.717, 1.165) is 10.0 Å². The second-order valence-electron chi connectivity index (χ2n) is 3.79. The molecule has 0 saturated heterocycles. The van der Waals surface area contributed by atoms with Crippen LogP contribution in [0.2, 0.25) is 0 Å².